The summed E-state index contributed by atoms with van der Waals surface area (Å²) in [5.74, 6) is 1.39. The molecule has 0 saturated heterocycles. The van der Waals surface area contributed by atoms with E-state index in [0.29, 0.717) is 33.4 Å². The standard InChI is InChI=1S/C16H11ClFN7OS/c1-25-14(13-19-5-2-6-20-13)22-23-16(25)27-8-12-21-15(26-24-12)10-7-9(17)3-4-11(10)18/h2-7H,8H2,1H3. The van der Waals surface area contributed by atoms with Gasteiger partial charge in [-0.05, 0) is 24.3 Å². The van der Waals surface area contributed by atoms with E-state index < -0.39 is 5.82 Å². The third-order valence-corrected chi connectivity index (χ3v) is 4.81. The molecule has 0 aliphatic carbocycles. The summed E-state index contributed by atoms with van der Waals surface area (Å²) >= 11 is 7.26. The number of thioether (sulfide) groups is 1. The Labute approximate surface area is 161 Å². The van der Waals surface area contributed by atoms with Crippen LogP contribution in [0.15, 0.2) is 46.3 Å². The molecule has 0 aliphatic rings. The monoisotopic (exact) mass is 403 g/mol. The van der Waals surface area contributed by atoms with E-state index in [9.17, 15) is 4.39 Å². The van der Waals surface area contributed by atoms with Crippen LogP contribution in [0.4, 0.5) is 4.39 Å². The average molecular weight is 404 g/mol. The van der Waals surface area contributed by atoms with E-state index in [4.69, 9.17) is 16.1 Å². The molecule has 3 aromatic heterocycles. The summed E-state index contributed by atoms with van der Waals surface area (Å²) in [5, 5.41) is 13.1. The van der Waals surface area contributed by atoms with E-state index in [2.05, 4.69) is 30.3 Å². The highest BCUT2D eigenvalue weighted by atomic mass is 35.5. The number of aromatic nitrogens is 7. The number of hydrogen-bond donors (Lipinski definition) is 0. The summed E-state index contributed by atoms with van der Waals surface area (Å²) in [6.45, 7) is 0. The van der Waals surface area contributed by atoms with Gasteiger partial charge in [-0.25, -0.2) is 14.4 Å². The predicted octanol–water partition coefficient (Wildman–Crippen LogP) is 3.41. The Hall–Kier alpha value is -2.85. The number of benzene rings is 1. The van der Waals surface area contributed by atoms with Gasteiger partial charge in [-0.1, -0.05) is 28.5 Å². The maximum Gasteiger partial charge on any atom is 0.260 e. The van der Waals surface area contributed by atoms with Gasteiger partial charge in [0, 0.05) is 24.5 Å². The minimum absolute atomic E-state index is 0.0712. The van der Waals surface area contributed by atoms with Crippen molar-refractivity contribution in [1.29, 1.82) is 0 Å². The number of rotatable bonds is 5. The van der Waals surface area contributed by atoms with Crippen molar-refractivity contribution in [2.45, 2.75) is 10.9 Å². The molecule has 11 heteroatoms. The van der Waals surface area contributed by atoms with E-state index in [0.717, 1.165) is 0 Å². The first kappa shape index (κ1) is 17.6. The first-order chi connectivity index (χ1) is 13.1. The smallest absolute Gasteiger partial charge is 0.260 e. The summed E-state index contributed by atoms with van der Waals surface area (Å²) < 4.78 is 20.8. The number of nitrogens with zero attached hydrogens (tertiary/aromatic N) is 7. The molecule has 0 aliphatic heterocycles. The zero-order valence-corrected chi connectivity index (χ0v) is 15.4. The highest BCUT2D eigenvalue weighted by molar-refractivity contribution is 7.98. The Morgan fingerprint density at radius 2 is 2.04 bits per heavy atom. The summed E-state index contributed by atoms with van der Waals surface area (Å²) in [6, 6.07) is 5.88. The molecule has 136 valence electrons. The van der Waals surface area contributed by atoms with Crippen LogP contribution in [0.25, 0.3) is 23.1 Å². The lowest BCUT2D eigenvalue weighted by atomic mass is 10.2. The molecule has 0 fully saturated rings. The van der Waals surface area contributed by atoms with Gasteiger partial charge >= 0.3 is 0 Å². The number of halogens is 2. The van der Waals surface area contributed by atoms with Crippen molar-refractivity contribution in [2.75, 3.05) is 0 Å². The lowest BCUT2D eigenvalue weighted by Crippen LogP contribution is -1.98. The molecule has 0 radical (unpaired) electrons. The minimum Gasteiger partial charge on any atom is -0.334 e. The average Bonchev–Trinajstić information content (AvgIpc) is 3.29. The molecule has 0 N–H and O–H groups in total. The van der Waals surface area contributed by atoms with Crippen LogP contribution in [0, 0.1) is 5.82 Å². The van der Waals surface area contributed by atoms with Gasteiger partial charge in [-0.3, -0.25) is 0 Å². The molecular weight excluding hydrogens is 393 g/mol. The van der Waals surface area contributed by atoms with Crippen molar-refractivity contribution in [3.63, 3.8) is 0 Å². The van der Waals surface area contributed by atoms with E-state index in [1.54, 1.807) is 23.0 Å². The predicted molar refractivity (Wildman–Crippen MR) is 96.3 cm³/mol. The highest BCUT2D eigenvalue weighted by Crippen LogP contribution is 2.27. The van der Waals surface area contributed by atoms with Gasteiger partial charge in [0.15, 0.2) is 16.8 Å². The van der Waals surface area contributed by atoms with Gasteiger partial charge in [-0.15, -0.1) is 10.2 Å². The lowest BCUT2D eigenvalue weighted by molar-refractivity contribution is 0.422. The topological polar surface area (TPSA) is 95.4 Å². The molecule has 0 amide bonds. The highest BCUT2D eigenvalue weighted by Gasteiger charge is 2.17. The van der Waals surface area contributed by atoms with Gasteiger partial charge < -0.3 is 9.09 Å². The van der Waals surface area contributed by atoms with Crippen LogP contribution >= 0.6 is 23.4 Å². The van der Waals surface area contributed by atoms with Gasteiger partial charge in [0.1, 0.15) is 5.82 Å². The van der Waals surface area contributed by atoms with Crippen LogP contribution in [0.1, 0.15) is 5.82 Å². The summed E-state index contributed by atoms with van der Waals surface area (Å²) in [4.78, 5) is 12.5. The second-order valence-electron chi connectivity index (χ2n) is 5.37. The molecule has 0 unspecified atom stereocenters. The lowest BCUT2D eigenvalue weighted by Gasteiger charge is -2.01. The van der Waals surface area contributed by atoms with Crippen LogP contribution in [-0.2, 0) is 12.8 Å². The van der Waals surface area contributed by atoms with Crippen molar-refractivity contribution < 1.29 is 8.91 Å². The zero-order valence-electron chi connectivity index (χ0n) is 13.9. The fraction of sp³-hybridized carbons (Fsp3) is 0.125. The maximum atomic E-state index is 13.9. The third-order valence-electron chi connectivity index (χ3n) is 3.56. The van der Waals surface area contributed by atoms with Crippen LogP contribution in [-0.4, -0.2) is 34.9 Å². The molecule has 4 aromatic rings. The maximum absolute atomic E-state index is 13.9. The van der Waals surface area contributed by atoms with Gasteiger partial charge in [-0.2, -0.15) is 4.98 Å². The second kappa shape index (κ2) is 7.41. The van der Waals surface area contributed by atoms with Gasteiger partial charge in [0.25, 0.3) is 5.89 Å². The summed E-state index contributed by atoms with van der Waals surface area (Å²) in [7, 11) is 1.82. The quantitative estimate of drug-likeness (QED) is 0.468. The molecule has 1 aromatic carbocycles. The molecule has 3 heterocycles. The minimum atomic E-state index is -0.483. The Morgan fingerprint density at radius 1 is 1.22 bits per heavy atom. The molecule has 27 heavy (non-hydrogen) atoms. The summed E-state index contributed by atoms with van der Waals surface area (Å²) in [6.07, 6.45) is 3.28. The van der Waals surface area contributed by atoms with E-state index >= 15 is 0 Å². The Kier molecular flexibility index (Phi) is 4.82. The van der Waals surface area contributed by atoms with Crippen molar-refractivity contribution >= 4 is 23.4 Å². The molecule has 0 spiro atoms. The molecule has 0 saturated carbocycles. The molecule has 4 rings (SSSR count). The molecular formula is C16H11ClFN7OS. The number of hydrogen-bond acceptors (Lipinski definition) is 8. The fourth-order valence-electron chi connectivity index (χ4n) is 2.26. The Morgan fingerprint density at radius 3 is 2.85 bits per heavy atom. The van der Waals surface area contributed by atoms with Gasteiger partial charge in [0.2, 0.25) is 5.82 Å². The summed E-state index contributed by atoms with van der Waals surface area (Å²) in [5.41, 5.74) is 0.161. The Balaban J connectivity index is 1.50. The van der Waals surface area contributed by atoms with Gasteiger partial charge in [0.05, 0.1) is 11.3 Å². The van der Waals surface area contributed by atoms with Crippen molar-refractivity contribution in [3.8, 4) is 23.1 Å². The third kappa shape index (κ3) is 3.67. The Bertz CT molecular complexity index is 1090. The zero-order chi connectivity index (χ0) is 18.8. The van der Waals surface area contributed by atoms with Crippen molar-refractivity contribution in [1.82, 2.24) is 34.9 Å². The normalized spacial score (nSPS) is 11.1. The fourth-order valence-corrected chi connectivity index (χ4v) is 3.19. The molecule has 0 atom stereocenters. The van der Waals surface area contributed by atoms with E-state index in [1.165, 1.54) is 30.0 Å². The van der Waals surface area contributed by atoms with E-state index in [1.807, 2.05) is 7.05 Å². The van der Waals surface area contributed by atoms with E-state index in [-0.39, 0.29) is 11.5 Å². The SMILES string of the molecule is Cn1c(SCc2noc(-c3cc(Cl)ccc3F)n2)nnc1-c1ncccn1. The van der Waals surface area contributed by atoms with Crippen LogP contribution in [0.5, 0.6) is 0 Å². The first-order valence-corrected chi connectivity index (χ1v) is 9.06. The second-order valence-corrected chi connectivity index (χ2v) is 6.75. The largest absolute Gasteiger partial charge is 0.334 e. The van der Waals surface area contributed by atoms with Crippen LogP contribution < -0.4 is 0 Å². The van der Waals surface area contributed by atoms with Crippen LogP contribution in [0.2, 0.25) is 5.02 Å². The first-order valence-electron chi connectivity index (χ1n) is 7.69. The van der Waals surface area contributed by atoms with Crippen molar-refractivity contribution in [3.05, 3.63) is 53.3 Å². The molecule has 8 nitrogen and oxygen atoms in total. The van der Waals surface area contributed by atoms with Crippen molar-refractivity contribution in [2.24, 2.45) is 7.05 Å². The molecule has 0 bridgehead atoms. The van der Waals surface area contributed by atoms with Crippen LogP contribution in [0.3, 0.4) is 0 Å².